The average Bonchev–Trinajstić information content (AvgIpc) is 2.38. The lowest BCUT2D eigenvalue weighted by molar-refractivity contribution is -0.274. The Morgan fingerprint density at radius 3 is 2.10 bits per heavy atom. The minimum absolute atomic E-state index is 0.301. The highest BCUT2D eigenvalue weighted by atomic mass is 35.5. The van der Waals surface area contributed by atoms with Crippen LogP contribution >= 0.6 is 11.6 Å². The summed E-state index contributed by atoms with van der Waals surface area (Å²) in [6, 6.07) is 8.63. The number of halogens is 5. The van der Waals surface area contributed by atoms with Gasteiger partial charge in [-0.15, -0.1) is 13.2 Å². The fourth-order valence-electron chi connectivity index (χ4n) is 1.70. The topological polar surface area (TPSA) is 26.3 Å². The molecular formula is C14H7ClF4O2. The zero-order valence-corrected chi connectivity index (χ0v) is 11.0. The summed E-state index contributed by atoms with van der Waals surface area (Å²) < 4.78 is 53.2. The lowest BCUT2D eigenvalue weighted by Crippen LogP contribution is -2.16. The maximum atomic E-state index is 13.3. The van der Waals surface area contributed by atoms with Gasteiger partial charge in [-0.05, 0) is 47.0 Å². The number of rotatable bonds is 3. The van der Waals surface area contributed by atoms with Gasteiger partial charge in [-0.2, -0.15) is 0 Å². The molecule has 0 spiro atoms. The Labute approximate surface area is 121 Å². The normalized spacial score (nSPS) is 11.3. The van der Waals surface area contributed by atoms with Gasteiger partial charge in [0.05, 0.1) is 5.56 Å². The Balaban J connectivity index is 2.31. The second kappa shape index (κ2) is 5.73. The second-order valence-electron chi connectivity index (χ2n) is 4.04. The molecule has 0 fully saturated rings. The van der Waals surface area contributed by atoms with Crippen molar-refractivity contribution < 1.29 is 27.1 Å². The van der Waals surface area contributed by atoms with Crippen LogP contribution in [0.1, 0.15) is 10.4 Å². The molecule has 2 nitrogen and oxygen atoms in total. The molecule has 0 radical (unpaired) electrons. The molecule has 0 aliphatic rings. The molecule has 110 valence electrons. The summed E-state index contributed by atoms with van der Waals surface area (Å²) >= 11 is 5.24. The van der Waals surface area contributed by atoms with Crippen LogP contribution in [0.3, 0.4) is 0 Å². The van der Waals surface area contributed by atoms with E-state index in [-0.39, 0.29) is 11.3 Å². The molecule has 2 aromatic rings. The molecule has 0 atom stereocenters. The van der Waals surface area contributed by atoms with Crippen LogP contribution in [0.5, 0.6) is 5.75 Å². The van der Waals surface area contributed by atoms with E-state index in [4.69, 9.17) is 11.6 Å². The van der Waals surface area contributed by atoms with Gasteiger partial charge in [0.2, 0.25) is 0 Å². The summed E-state index contributed by atoms with van der Waals surface area (Å²) in [7, 11) is 0. The number of carbonyl (C=O) groups excluding carboxylic acids is 1. The molecule has 0 heterocycles. The highest BCUT2D eigenvalue weighted by Crippen LogP contribution is 2.27. The highest BCUT2D eigenvalue weighted by Gasteiger charge is 2.30. The summed E-state index contributed by atoms with van der Waals surface area (Å²) in [5.74, 6) is -1.14. The molecule has 0 aliphatic heterocycles. The molecule has 2 rings (SSSR count). The van der Waals surface area contributed by atoms with Crippen LogP contribution in [0.15, 0.2) is 42.5 Å². The minimum atomic E-state index is -4.77. The summed E-state index contributed by atoms with van der Waals surface area (Å²) in [5, 5.41) is -0.952. The van der Waals surface area contributed by atoms with Crippen LogP contribution < -0.4 is 4.74 Å². The van der Waals surface area contributed by atoms with E-state index < -0.39 is 17.4 Å². The van der Waals surface area contributed by atoms with Gasteiger partial charge < -0.3 is 4.74 Å². The van der Waals surface area contributed by atoms with E-state index in [1.807, 2.05) is 0 Å². The van der Waals surface area contributed by atoms with E-state index in [2.05, 4.69) is 4.74 Å². The summed E-state index contributed by atoms with van der Waals surface area (Å²) in [5.41, 5.74) is 0.632. The zero-order chi connectivity index (χ0) is 15.6. The molecule has 0 amide bonds. The van der Waals surface area contributed by atoms with Crippen LogP contribution in [0.25, 0.3) is 11.1 Å². The lowest BCUT2D eigenvalue weighted by Gasteiger charge is -2.09. The van der Waals surface area contributed by atoms with Crippen molar-refractivity contribution in [3.05, 3.63) is 53.8 Å². The first-order valence-corrected chi connectivity index (χ1v) is 5.99. The van der Waals surface area contributed by atoms with Gasteiger partial charge in [-0.1, -0.05) is 18.2 Å². The van der Waals surface area contributed by atoms with E-state index in [1.165, 1.54) is 24.3 Å². The quantitative estimate of drug-likeness (QED) is 0.602. The van der Waals surface area contributed by atoms with Gasteiger partial charge in [-0.25, -0.2) is 4.39 Å². The van der Waals surface area contributed by atoms with Crippen molar-refractivity contribution in [2.45, 2.75) is 6.36 Å². The fraction of sp³-hybridized carbons (Fsp3) is 0.0714. The number of carbonyl (C=O) groups is 1. The maximum Gasteiger partial charge on any atom is 0.573 e. The monoisotopic (exact) mass is 318 g/mol. The lowest BCUT2D eigenvalue weighted by atomic mass is 10.0. The van der Waals surface area contributed by atoms with Gasteiger partial charge in [-0.3, -0.25) is 4.79 Å². The number of ether oxygens (including phenoxy) is 1. The molecule has 0 bridgehead atoms. The molecule has 7 heteroatoms. The van der Waals surface area contributed by atoms with Crippen molar-refractivity contribution >= 4 is 16.8 Å². The van der Waals surface area contributed by atoms with E-state index in [9.17, 15) is 22.4 Å². The smallest absolute Gasteiger partial charge is 0.406 e. The van der Waals surface area contributed by atoms with E-state index in [0.29, 0.717) is 11.1 Å². The molecule has 2 aromatic carbocycles. The first-order valence-electron chi connectivity index (χ1n) is 5.62. The average molecular weight is 319 g/mol. The first-order chi connectivity index (χ1) is 9.76. The Morgan fingerprint density at radius 1 is 1.00 bits per heavy atom. The first kappa shape index (κ1) is 15.3. The molecule has 0 saturated carbocycles. The number of benzene rings is 2. The van der Waals surface area contributed by atoms with E-state index >= 15 is 0 Å². The zero-order valence-electron chi connectivity index (χ0n) is 10.2. The van der Waals surface area contributed by atoms with Gasteiger partial charge in [0, 0.05) is 0 Å². The standard InChI is InChI=1S/C14H7ClF4O2/c15-13(20)11-7-9(3-6-12(11)16)8-1-4-10(5-2-8)21-14(17,18)19/h1-7H. The third-order valence-corrected chi connectivity index (χ3v) is 2.80. The van der Waals surface area contributed by atoms with Crippen molar-refractivity contribution in [1.29, 1.82) is 0 Å². The molecular weight excluding hydrogens is 312 g/mol. The highest BCUT2D eigenvalue weighted by molar-refractivity contribution is 6.67. The van der Waals surface area contributed by atoms with Crippen molar-refractivity contribution in [3.63, 3.8) is 0 Å². The van der Waals surface area contributed by atoms with Crippen molar-refractivity contribution in [3.8, 4) is 16.9 Å². The molecule has 0 aliphatic carbocycles. The predicted octanol–water partition coefficient (Wildman–Crippen LogP) is 4.77. The SMILES string of the molecule is O=C(Cl)c1cc(-c2ccc(OC(F)(F)F)cc2)ccc1F. The maximum absolute atomic E-state index is 13.3. The number of hydrogen-bond acceptors (Lipinski definition) is 2. The van der Waals surface area contributed by atoms with E-state index in [0.717, 1.165) is 18.2 Å². The Bertz CT molecular complexity index is 666. The third-order valence-electron chi connectivity index (χ3n) is 2.60. The second-order valence-corrected chi connectivity index (χ2v) is 4.38. The summed E-state index contributed by atoms with van der Waals surface area (Å²) in [6.07, 6.45) is -4.77. The van der Waals surface area contributed by atoms with Gasteiger partial charge in [0.1, 0.15) is 11.6 Å². The Hall–Kier alpha value is -2.08. The van der Waals surface area contributed by atoms with Gasteiger partial charge in [0.15, 0.2) is 0 Å². The molecule has 0 saturated heterocycles. The van der Waals surface area contributed by atoms with Crippen LogP contribution in [-0.4, -0.2) is 11.6 Å². The number of hydrogen-bond donors (Lipinski definition) is 0. The van der Waals surface area contributed by atoms with Crippen molar-refractivity contribution in [1.82, 2.24) is 0 Å². The molecule has 0 N–H and O–H groups in total. The molecule has 0 unspecified atom stereocenters. The molecule has 21 heavy (non-hydrogen) atoms. The number of alkyl halides is 3. The Kier molecular flexibility index (Phi) is 4.18. The predicted molar refractivity (Wildman–Crippen MR) is 68.7 cm³/mol. The minimum Gasteiger partial charge on any atom is -0.406 e. The van der Waals surface area contributed by atoms with Crippen LogP contribution in [0.4, 0.5) is 17.6 Å². The van der Waals surface area contributed by atoms with Crippen LogP contribution in [0.2, 0.25) is 0 Å². The van der Waals surface area contributed by atoms with Crippen LogP contribution in [-0.2, 0) is 0 Å². The molecule has 0 aromatic heterocycles. The van der Waals surface area contributed by atoms with E-state index in [1.54, 1.807) is 0 Å². The third kappa shape index (κ3) is 3.95. The van der Waals surface area contributed by atoms with Crippen LogP contribution in [0, 0.1) is 5.82 Å². The summed E-state index contributed by atoms with van der Waals surface area (Å²) in [4.78, 5) is 11.0. The summed E-state index contributed by atoms with van der Waals surface area (Å²) in [6.45, 7) is 0. The Morgan fingerprint density at radius 2 is 1.57 bits per heavy atom. The fourth-order valence-corrected chi connectivity index (χ4v) is 1.85. The van der Waals surface area contributed by atoms with Gasteiger partial charge >= 0.3 is 6.36 Å². The van der Waals surface area contributed by atoms with Crippen molar-refractivity contribution in [2.75, 3.05) is 0 Å². The van der Waals surface area contributed by atoms with Crippen molar-refractivity contribution in [2.24, 2.45) is 0 Å². The largest absolute Gasteiger partial charge is 0.573 e. The van der Waals surface area contributed by atoms with Gasteiger partial charge in [0.25, 0.3) is 5.24 Å².